The van der Waals surface area contributed by atoms with Gasteiger partial charge in [0.15, 0.2) is 0 Å². The standard InChI is InChI=1S/C7H6ClN3O/c8-6-5-4(2-12)1-9-7(5)11-3-10-6/h1,3,12H,2H2,(H,9,10,11)/p+1. The molecule has 0 aliphatic rings. The molecule has 0 saturated heterocycles. The number of hydrogen-bond acceptors (Lipinski definition) is 2. The molecule has 0 radical (unpaired) electrons. The molecule has 2 heterocycles. The van der Waals surface area contributed by atoms with E-state index in [2.05, 4.69) is 15.0 Å². The maximum absolute atomic E-state index is 8.93. The predicted octanol–water partition coefficient (Wildman–Crippen LogP) is 0.523. The van der Waals surface area contributed by atoms with Crippen LogP contribution >= 0.6 is 11.6 Å². The van der Waals surface area contributed by atoms with Gasteiger partial charge in [-0.05, 0) is 11.6 Å². The van der Waals surface area contributed by atoms with Crippen molar-refractivity contribution in [1.82, 2.24) is 9.97 Å². The Bertz CT molecular complexity index is 412. The van der Waals surface area contributed by atoms with Crippen LogP contribution in [0.4, 0.5) is 0 Å². The van der Waals surface area contributed by atoms with Gasteiger partial charge in [0.1, 0.15) is 5.39 Å². The van der Waals surface area contributed by atoms with Gasteiger partial charge in [-0.2, -0.15) is 0 Å². The van der Waals surface area contributed by atoms with Crippen molar-refractivity contribution in [3.05, 3.63) is 23.2 Å². The van der Waals surface area contributed by atoms with Gasteiger partial charge in [-0.1, -0.05) is 4.98 Å². The van der Waals surface area contributed by atoms with Crippen LogP contribution in [0.25, 0.3) is 11.0 Å². The fourth-order valence-corrected chi connectivity index (χ4v) is 1.42. The van der Waals surface area contributed by atoms with Crippen molar-refractivity contribution in [2.75, 3.05) is 0 Å². The molecule has 5 heteroatoms. The van der Waals surface area contributed by atoms with E-state index in [1.807, 2.05) is 0 Å². The van der Waals surface area contributed by atoms with E-state index >= 15 is 0 Å². The van der Waals surface area contributed by atoms with Gasteiger partial charge in [0.2, 0.25) is 17.1 Å². The number of rotatable bonds is 1. The molecule has 0 fully saturated rings. The Morgan fingerprint density at radius 3 is 3.25 bits per heavy atom. The van der Waals surface area contributed by atoms with E-state index in [1.54, 1.807) is 6.20 Å². The van der Waals surface area contributed by atoms with Gasteiger partial charge in [-0.25, -0.2) is 4.98 Å². The van der Waals surface area contributed by atoms with Gasteiger partial charge in [0.05, 0.1) is 12.8 Å². The molecule has 12 heavy (non-hydrogen) atoms. The Hall–Kier alpha value is -1.13. The topological polar surface area (TPSA) is 63.0 Å². The van der Waals surface area contributed by atoms with Gasteiger partial charge in [-0.15, -0.1) is 0 Å². The van der Waals surface area contributed by atoms with Crippen molar-refractivity contribution in [3.63, 3.8) is 0 Å². The molecule has 0 aliphatic heterocycles. The number of hydrogen-bond donors (Lipinski definition) is 2. The molecule has 62 valence electrons. The average Bonchev–Trinajstić information content (AvgIpc) is 2.49. The van der Waals surface area contributed by atoms with E-state index in [0.717, 1.165) is 16.6 Å². The third-order valence-corrected chi connectivity index (χ3v) is 2.01. The number of aliphatic hydroxyl groups excluding tert-OH is 1. The number of fused-ring (bicyclic) bond motifs is 1. The van der Waals surface area contributed by atoms with Crippen LogP contribution in [-0.4, -0.2) is 15.1 Å². The second kappa shape index (κ2) is 2.73. The number of H-pyrrole nitrogens is 2. The molecule has 3 N–H and O–H groups in total. The molecule has 0 aliphatic carbocycles. The lowest BCUT2D eigenvalue weighted by molar-refractivity contribution is -0.352. The van der Waals surface area contributed by atoms with Gasteiger partial charge < -0.3 is 5.11 Å². The molecule has 0 spiro atoms. The van der Waals surface area contributed by atoms with Crippen molar-refractivity contribution in [1.29, 1.82) is 0 Å². The van der Waals surface area contributed by atoms with Crippen LogP contribution in [0.2, 0.25) is 5.15 Å². The third-order valence-electron chi connectivity index (χ3n) is 1.73. The summed E-state index contributed by atoms with van der Waals surface area (Å²) in [6.45, 7) is -0.0424. The van der Waals surface area contributed by atoms with E-state index in [4.69, 9.17) is 16.7 Å². The number of aliphatic hydroxyl groups is 1. The van der Waals surface area contributed by atoms with Gasteiger partial charge in [0.25, 0.3) is 0 Å². The number of aromatic nitrogens is 3. The van der Waals surface area contributed by atoms with Crippen LogP contribution in [0.15, 0.2) is 12.5 Å². The monoisotopic (exact) mass is 184 g/mol. The highest BCUT2D eigenvalue weighted by Gasteiger charge is 2.12. The normalized spacial score (nSPS) is 10.8. The van der Waals surface area contributed by atoms with Crippen LogP contribution in [-0.2, 0) is 6.61 Å². The van der Waals surface area contributed by atoms with Crippen molar-refractivity contribution in [3.8, 4) is 0 Å². The minimum absolute atomic E-state index is 0.0424. The van der Waals surface area contributed by atoms with Gasteiger partial charge in [0, 0.05) is 5.56 Å². The smallest absolute Gasteiger partial charge is 0.235 e. The lowest BCUT2D eigenvalue weighted by atomic mass is 10.3. The fourth-order valence-electron chi connectivity index (χ4n) is 1.16. The maximum atomic E-state index is 8.93. The zero-order valence-corrected chi connectivity index (χ0v) is 6.89. The van der Waals surface area contributed by atoms with Gasteiger partial charge >= 0.3 is 0 Å². The lowest BCUT2D eigenvalue weighted by Crippen LogP contribution is -2.04. The number of nitrogens with one attached hydrogen (secondary N) is 2. The molecule has 4 nitrogen and oxygen atoms in total. The first-order valence-electron chi connectivity index (χ1n) is 3.46. The van der Waals surface area contributed by atoms with E-state index < -0.39 is 0 Å². The highest BCUT2D eigenvalue weighted by atomic mass is 35.5. The summed E-state index contributed by atoms with van der Waals surface area (Å²) in [6, 6.07) is 0. The van der Waals surface area contributed by atoms with Crippen molar-refractivity contribution >= 4 is 22.6 Å². The molecule has 2 rings (SSSR count). The summed E-state index contributed by atoms with van der Waals surface area (Å²) in [7, 11) is 0. The first-order valence-corrected chi connectivity index (χ1v) is 3.83. The lowest BCUT2D eigenvalue weighted by Gasteiger charge is -1.88. The van der Waals surface area contributed by atoms with Crippen molar-refractivity contribution in [2.45, 2.75) is 6.61 Å². The SMILES string of the molecule is OCc1c[nH]c2[nH+]cnc(Cl)c12. The molecule has 2 aromatic heterocycles. The molecular formula is C7H7ClN3O+. The molecule has 0 bridgehead atoms. The summed E-state index contributed by atoms with van der Waals surface area (Å²) >= 11 is 5.82. The quantitative estimate of drug-likeness (QED) is 0.635. The number of aromatic amines is 2. The summed E-state index contributed by atoms with van der Waals surface area (Å²) < 4.78 is 0. The Morgan fingerprint density at radius 1 is 1.67 bits per heavy atom. The molecule has 0 saturated carbocycles. The first kappa shape index (κ1) is 7.52. The summed E-state index contributed by atoms with van der Waals surface area (Å²) in [5.41, 5.74) is 1.53. The molecule has 0 amide bonds. The first-order chi connectivity index (χ1) is 5.83. The minimum atomic E-state index is -0.0424. The number of halogens is 1. The van der Waals surface area contributed by atoms with E-state index in [9.17, 15) is 0 Å². The largest absolute Gasteiger partial charge is 0.392 e. The van der Waals surface area contributed by atoms with Crippen LogP contribution in [0.1, 0.15) is 5.56 Å². The molecule has 2 aromatic rings. The summed E-state index contributed by atoms with van der Waals surface area (Å²) in [5, 5.41) is 10.1. The zero-order valence-electron chi connectivity index (χ0n) is 6.13. The van der Waals surface area contributed by atoms with Crippen molar-refractivity contribution < 1.29 is 10.1 Å². The van der Waals surface area contributed by atoms with Crippen LogP contribution < -0.4 is 4.98 Å². The van der Waals surface area contributed by atoms with Crippen LogP contribution in [0.5, 0.6) is 0 Å². The van der Waals surface area contributed by atoms with Crippen LogP contribution in [0, 0.1) is 0 Å². The Balaban J connectivity index is 2.83. The number of nitrogens with zero attached hydrogens (tertiary/aromatic N) is 1. The zero-order chi connectivity index (χ0) is 8.55. The molecule has 0 atom stereocenters. The predicted molar refractivity (Wildman–Crippen MR) is 43.6 cm³/mol. The minimum Gasteiger partial charge on any atom is -0.392 e. The summed E-state index contributed by atoms with van der Waals surface area (Å²) in [5.74, 6) is 0. The second-order valence-electron chi connectivity index (χ2n) is 2.42. The highest BCUT2D eigenvalue weighted by molar-refractivity contribution is 6.34. The summed E-state index contributed by atoms with van der Waals surface area (Å²) in [6.07, 6.45) is 3.21. The summed E-state index contributed by atoms with van der Waals surface area (Å²) in [4.78, 5) is 9.69. The average molecular weight is 185 g/mol. The Kier molecular flexibility index (Phi) is 1.71. The van der Waals surface area contributed by atoms with Crippen LogP contribution in [0.3, 0.4) is 0 Å². The second-order valence-corrected chi connectivity index (χ2v) is 2.77. The molecular weight excluding hydrogens is 178 g/mol. The highest BCUT2D eigenvalue weighted by Crippen LogP contribution is 2.20. The Labute approximate surface area is 73.2 Å². The Morgan fingerprint density at radius 2 is 2.50 bits per heavy atom. The van der Waals surface area contributed by atoms with E-state index in [0.29, 0.717) is 5.15 Å². The van der Waals surface area contributed by atoms with E-state index in [-0.39, 0.29) is 6.61 Å². The maximum Gasteiger partial charge on any atom is 0.235 e. The van der Waals surface area contributed by atoms with E-state index in [1.165, 1.54) is 6.33 Å². The van der Waals surface area contributed by atoms with Gasteiger partial charge in [-0.3, -0.25) is 4.98 Å². The van der Waals surface area contributed by atoms with Crippen molar-refractivity contribution in [2.24, 2.45) is 0 Å². The third kappa shape index (κ3) is 0.964. The fraction of sp³-hybridized carbons (Fsp3) is 0.143. The molecule has 0 aromatic carbocycles. The molecule has 0 unspecified atom stereocenters.